The number of rotatable bonds is 1. The summed E-state index contributed by atoms with van der Waals surface area (Å²) in [5.41, 5.74) is 5.68. The molecule has 94 valence electrons. The number of ether oxygens (including phenoxy) is 1. The van der Waals surface area contributed by atoms with E-state index in [2.05, 4.69) is 20.9 Å². The van der Waals surface area contributed by atoms with Crippen molar-refractivity contribution in [3.05, 3.63) is 16.7 Å². The summed E-state index contributed by atoms with van der Waals surface area (Å²) in [6.07, 6.45) is 1.10. The summed E-state index contributed by atoms with van der Waals surface area (Å²) in [6.45, 7) is 5.42. The largest absolute Gasteiger partial charge is 0.443 e. The number of nitrogens with two attached hydrogens (primary N) is 1. The van der Waals surface area contributed by atoms with Crippen molar-refractivity contribution in [1.29, 1.82) is 0 Å². The van der Waals surface area contributed by atoms with E-state index in [1.807, 2.05) is 0 Å². The summed E-state index contributed by atoms with van der Waals surface area (Å²) in [5, 5.41) is 0. The van der Waals surface area contributed by atoms with Crippen LogP contribution < -0.4 is 10.6 Å². The Morgan fingerprint density at radius 1 is 1.53 bits per heavy atom. The number of nitrogen functional groups attached to an aromatic ring is 1. The number of anilines is 2. The number of carbonyl (C=O) groups excluding carboxylic acids is 1. The lowest BCUT2D eigenvalue weighted by atomic mass is 10.2. The molecule has 0 atom stereocenters. The van der Waals surface area contributed by atoms with Crippen molar-refractivity contribution in [3.8, 4) is 0 Å². The summed E-state index contributed by atoms with van der Waals surface area (Å²) in [7, 11) is 1.59. The van der Waals surface area contributed by atoms with E-state index in [9.17, 15) is 4.79 Å². The molecule has 0 aromatic carbocycles. The second-order valence-corrected chi connectivity index (χ2v) is 5.51. The van der Waals surface area contributed by atoms with Crippen molar-refractivity contribution in [2.24, 2.45) is 0 Å². The van der Waals surface area contributed by atoms with Crippen LogP contribution in [0.2, 0.25) is 0 Å². The van der Waals surface area contributed by atoms with Crippen LogP contribution >= 0.6 is 15.9 Å². The first-order valence-electron chi connectivity index (χ1n) is 5.08. The van der Waals surface area contributed by atoms with Crippen LogP contribution in [-0.4, -0.2) is 23.7 Å². The fourth-order valence-electron chi connectivity index (χ4n) is 1.14. The average Bonchev–Trinajstić information content (AvgIpc) is 2.18. The van der Waals surface area contributed by atoms with E-state index in [-0.39, 0.29) is 5.82 Å². The molecule has 0 radical (unpaired) electrons. The number of aromatic nitrogens is 1. The molecule has 0 aliphatic rings. The van der Waals surface area contributed by atoms with Crippen LogP contribution in [0.5, 0.6) is 0 Å². The van der Waals surface area contributed by atoms with Crippen LogP contribution in [-0.2, 0) is 4.74 Å². The number of hydrogen-bond donors (Lipinski definition) is 1. The van der Waals surface area contributed by atoms with Crippen LogP contribution in [0.15, 0.2) is 16.7 Å². The molecule has 1 amide bonds. The molecule has 0 aliphatic carbocycles. The van der Waals surface area contributed by atoms with E-state index < -0.39 is 11.7 Å². The zero-order valence-electron chi connectivity index (χ0n) is 10.3. The summed E-state index contributed by atoms with van der Waals surface area (Å²) < 4.78 is 5.98. The van der Waals surface area contributed by atoms with Crippen molar-refractivity contribution in [2.75, 3.05) is 17.7 Å². The van der Waals surface area contributed by atoms with Gasteiger partial charge in [-0.3, -0.25) is 4.90 Å². The summed E-state index contributed by atoms with van der Waals surface area (Å²) in [4.78, 5) is 17.1. The lowest BCUT2D eigenvalue weighted by Crippen LogP contribution is -2.34. The van der Waals surface area contributed by atoms with Crippen molar-refractivity contribution in [2.45, 2.75) is 26.4 Å². The first-order chi connectivity index (χ1) is 7.70. The molecule has 1 aromatic rings. The van der Waals surface area contributed by atoms with Crippen LogP contribution in [0.4, 0.5) is 16.3 Å². The minimum absolute atomic E-state index is 0.279. The van der Waals surface area contributed by atoms with Gasteiger partial charge in [-0.15, -0.1) is 0 Å². The van der Waals surface area contributed by atoms with Gasteiger partial charge in [-0.2, -0.15) is 0 Å². The van der Waals surface area contributed by atoms with E-state index in [0.717, 1.165) is 4.47 Å². The Balaban J connectivity index is 2.92. The third-order valence-corrected chi connectivity index (χ3v) is 2.33. The molecule has 0 saturated carbocycles. The van der Waals surface area contributed by atoms with Gasteiger partial charge >= 0.3 is 6.09 Å². The molecular formula is C11H16BrN3O2. The van der Waals surface area contributed by atoms with Crippen molar-refractivity contribution in [1.82, 2.24) is 4.98 Å². The maximum Gasteiger partial charge on any atom is 0.414 e. The van der Waals surface area contributed by atoms with Crippen molar-refractivity contribution in [3.63, 3.8) is 0 Å². The van der Waals surface area contributed by atoms with E-state index in [0.29, 0.717) is 5.69 Å². The highest BCUT2D eigenvalue weighted by molar-refractivity contribution is 9.10. The van der Waals surface area contributed by atoms with Gasteiger partial charge in [-0.1, -0.05) is 0 Å². The minimum Gasteiger partial charge on any atom is -0.443 e. The van der Waals surface area contributed by atoms with E-state index in [1.165, 1.54) is 4.90 Å². The van der Waals surface area contributed by atoms with Gasteiger partial charge in [-0.25, -0.2) is 9.78 Å². The Labute approximate surface area is 109 Å². The third-order valence-electron chi connectivity index (χ3n) is 1.89. The zero-order valence-corrected chi connectivity index (χ0v) is 11.9. The third kappa shape index (κ3) is 3.89. The predicted octanol–water partition coefficient (Wildman–Crippen LogP) is 2.80. The average molecular weight is 302 g/mol. The molecule has 0 saturated heterocycles. The predicted molar refractivity (Wildman–Crippen MR) is 71.0 cm³/mol. The standard InChI is InChI=1S/C11H16BrN3O2/c1-11(2,3)17-10(16)15(4)8-5-7(12)6-14-9(8)13/h5-6H,1-4H3,(H2,13,14). The second kappa shape index (κ2) is 4.91. The highest BCUT2D eigenvalue weighted by atomic mass is 79.9. The normalized spacial score (nSPS) is 11.1. The smallest absolute Gasteiger partial charge is 0.414 e. The number of hydrogen-bond acceptors (Lipinski definition) is 4. The summed E-state index contributed by atoms with van der Waals surface area (Å²) in [5.74, 6) is 0.279. The maximum absolute atomic E-state index is 11.8. The lowest BCUT2D eigenvalue weighted by molar-refractivity contribution is 0.0589. The van der Waals surface area contributed by atoms with Gasteiger partial charge < -0.3 is 10.5 Å². The molecule has 0 spiro atoms. The summed E-state index contributed by atoms with van der Waals surface area (Å²) >= 11 is 3.28. The first kappa shape index (κ1) is 13.8. The molecule has 0 fully saturated rings. The molecule has 0 aliphatic heterocycles. The monoisotopic (exact) mass is 301 g/mol. The van der Waals surface area contributed by atoms with Gasteiger partial charge in [0.05, 0.1) is 5.69 Å². The molecule has 17 heavy (non-hydrogen) atoms. The fourth-order valence-corrected chi connectivity index (χ4v) is 1.46. The molecule has 2 N–H and O–H groups in total. The molecular weight excluding hydrogens is 286 g/mol. The number of amides is 1. The molecule has 1 aromatic heterocycles. The Morgan fingerprint density at radius 3 is 2.65 bits per heavy atom. The van der Waals surface area contributed by atoms with Crippen LogP contribution in [0, 0.1) is 0 Å². The number of pyridine rings is 1. The Morgan fingerprint density at radius 2 is 2.12 bits per heavy atom. The van der Waals surface area contributed by atoms with Gasteiger partial charge in [-0.05, 0) is 42.8 Å². The van der Waals surface area contributed by atoms with E-state index >= 15 is 0 Å². The molecule has 5 nitrogen and oxygen atoms in total. The van der Waals surface area contributed by atoms with Crippen molar-refractivity contribution < 1.29 is 9.53 Å². The van der Waals surface area contributed by atoms with Gasteiger partial charge in [0, 0.05) is 17.7 Å². The van der Waals surface area contributed by atoms with E-state index in [4.69, 9.17) is 10.5 Å². The fraction of sp³-hybridized carbons (Fsp3) is 0.455. The van der Waals surface area contributed by atoms with Gasteiger partial charge in [0.1, 0.15) is 11.4 Å². The highest BCUT2D eigenvalue weighted by Gasteiger charge is 2.22. The van der Waals surface area contributed by atoms with Crippen LogP contribution in [0.25, 0.3) is 0 Å². The highest BCUT2D eigenvalue weighted by Crippen LogP contribution is 2.25. The minimum atomic E-state index is -0.542. The lowest BCUT2D eigenvalue weighted by Gasteiger charge is -2.25. The van der Waals surface area contributed by atoms with Crippen molar-refractivity contribution >= 4 is 33.5 Å². The molecule has 0 bridgehead atoms. The number of carbonyl (C=O) groups is 1. The molecule has 1 heterocycles. The Bertz CT molecular complexity index is 429. The van der Waals surface area contributed by atoms with Gasteiger partial charge in [0.2, 0.25) is 0 Å². The number of nitrogens with zero attached hydrogens (tertiary/aromatic N) is 2. The molecule has 0 unspecified atom stereocenters. The topological polar surface area (TPSA) is 68.5 Å². The Hall–Kier alpha value is -1.30. The molecule has 6 heteroatoms. The molecule has 1 rings (SSSR count). The quantitative estimate of drug-likeness (QED) is 0.866. The zero-order chi connectivity index (χ0) is 13.2. The van der Waals surface area contributed by atoms with Gasteiger partial charge in [0.25, 0.3) is 0 Å². The SMILES string of the molecule is CN(C(=O)OC(C)(C)C)c1cc(Br)cnc1N. The maximum atomic E-state index is 11.8. The van der Waals surface area contributed by atoms with Crippen LogP contribution in [0.1, 0.15) is 20.8 Å². The first-order valence-corrected chi connectivity index (χ1v) is 5.88. The summed E-state index contributed by atoms with van der Waals surface area (Å²) in [6, 6.07) is 1.71. The second-order valence-electron chi connectivity index (χ2n) is 4.60. The van der Waals surface area contributed by atoms with Gasteiger partial charge in [0.15, 0.2) is 0 Å². The Kier molecular flexibility index (Phi) is 3.98. The number of halogens is 1. The van der Waals surface area contributed by atoms with E-state index in [1.54, 1.807) is 40.1 Å². The van der Waals surface area contributed by atoms with Crippen LogP contribution in [0.3, 0.4) is 0 Å².